The minimum Gasteiger partial charge on any atom is -0.0967 e. The van der Waals surface area contributed by atoms with Crippen LogP contribution in [0.3, 0.4) is 0 Å². The maximum absolute atomic E-state index is 2.37. The first-order chi connectivity index (χ1) is 21.0. The van der Waals surface area contributed by atoms with Crippen LogP contribution in [0.2, 0.25) is 34.8 Å². The van der Waals surface area contributed by atoms with Crippen molar-refractivity contribution >= 4 is 38.0 Å². The van der Waals surface area contributed by atoms with E-state index in [4.69, 9.17) is 0 Å². The first kappa shape index (κ1) is 40.4. The van der Waals surface area contributed by atoms with E-state index in [0.29, 0.717) is 0 Å². The Hall–Kier alpha value is -0.663. The molecule has 0 atom stereocenters. The Balaban J connectivity index is 0.000000356. The molecule has 0 amide bonds. The molecule has 0 N–H and O–H groups in total. The van der Waals surface area contributed by atoms with E-state index >= 15 is 0 Å². The van der Waals surface area contributed by atoms with Crippen LogP contribution in [0.4, 0.5) is 0 Å². The summed E-state index contributed by atoms with van der Waals surface area (Å²) in [5.74, 6) is 0. The van der Waals surface area contributed by atoms with E-state index in [9.17, 15) is 0 Å². The zero-order chi connectivity index (χ0) is 31.6. The first-order valence-electron chi connectivity index (χ1n) is 18.0. The van der Waals surface area contributed by atoms with Gasteiger partial charge in [-0.25, -0.2) is 0 Å². The van der Waals surface area contributed by atoms with Crippen molar-refractivity contribution in [2.24, 2.45) is 0 Å². The van der Waals surface area contributed by atoms with Crippen LogP contribution in [-0.2, 0) is 16.6 Å². The van der Waals surface area contributed by atoms with Gasteiger partial charge in [0.05, 0.1) is 0 Å². The molecule has 0 aliphatic carbocycles. The van der Waals surface area contributed by atoms with E-state index in [-0.39, 0.29) is 14.1 Å². The average molecular weight is 653 g/mol. The Bertz CT molecular complexity index is 854. The van der Waals surface area contributed by atoms with Crippen molar-refractivity contribution in [1.82, 2.24) is 0 Å². The molecular formula is C40H66AlPTi. The molecule has 3 aromatic carbocycles. The summed E-state index contributed by atoms with van der Waals surface area (Å²) >= 11 is -1.61. The number of hydrogen-bond acceptors (Lipinski definition) is 0. The second-order valence-electron chi connectivity index (χ2n) is 12.3. The number of unbranched alkanes of at least 4 members (excludes halogenated alkanes) is 4. The van der Waals surface area contributed by atoms with Gasteiger partial charge in [-0.15, -0.1) is 0 Å². The third-order valence-electron chi connectivity index (χ3n) is 9.02. The Morgan fingerprint density at radius 2 is 0.674 bits per heavy atom. The van der Waals surface area contributed by atoms with Gasteiger partial charge in [-0.05, 0) is 23.8 Å². The summed E-state index contributed by atoms with van der Waals surface area (Å²) in [4.78, 5) is 0. The van der Waals surface area contributed by atoms with Crippen molar-refractivity contribution in [2.75, 3.05) is 0 Å². The van der Waals surface area contributed by atoms with Gasteiger partial charge in [0.2, 0.25) is 0 Å². The predicted molar refractivity (Wildman–Crippen MR) is 201 cm³/mol. The maximum Gasteiger partial charge on any atom is 0.261 e. The molecule has 238 valence electrons. The van der Waals surface area contributed by atoms with E-state index in [1.165, 1.54) is 83.1 Å². The van der Waals surface area contributed by atoms with Crippen LogP contribution in [0.15, 0.2) is 91.0 Å². The topological polar surface area (TPSA) is 0 Å². The van der Waals surface area contributed by atoms with Crippen molar-refractivity contribution in [1.29, 1.82) is 0 Å². The summed E-state index contributed by atoms with van der Waals surface area (Å²) in [6, 6.07) is 32.3. The molecule has 0 radical (unpaired) electrons. The van der Waals surface area contributed by atoms with Crippen LogP contribution >= 0.6 is 7.92 Å². The monoisotopic (exact) mass is 652 g/mol. The van der Waals surface area contributed by atoms with Crippen LogP contribution in [0.25, 0.3) is 0 Å². The van der Waals surface area contributed by atoms with E-state index in [1.54, 1.807) is 18.9 Å². The maximum atomic E-state index is 2.37. The zero-order valence-electron chi connectivity index (χ0n) is 29.3. The predicted octanol–water partition coefficient (Wildman–Crippen LogP) is 13.0. The minimum absolute atomic E-state index is 0.171. The molecule has 0 nitrogen and oxygen atoms in total. The Labute approximate surface area is 278 Å². The fourth-order valence-corrected chi connectivity index (χ4v) is 19.3. The van der Waals surface area contributed by atoms with Crippen molar-refractivity contribution in [3.05, 3.63) is 91.0 Å². The molecule has 0 aliphatic rings. The van der Waals surface area contributed by atoms with Crippen molar-refractivity contribution in [2.45, 2.75) is 135 Å². The van der Waals surface area contributed by atoms with Crippen molar-refractivity contribution < 1.29 is 16.6 Å². The molecule has 0 aromatic heterocycles. The first-order valence-corrected chi connectivity index (χ1v) is 26.2. The Kier molecular flexibility index (Phi) is 24.9. The van der Waals surface area contributed by atoms with Crippen molar-refractivity contribution in [3.63, 3.8) is 0 Å². The summed E-state index contributed by atoms with van der Waals surface area (Å²) in [6.45, 7) is 16.4. The van der Waals surface area contributed by atoms with Gasteiger partial charge < -0.3 is 0 Å². The smallest absolute Gasteiger partial charge is 0.0967 e. The van der Waals surface area contributed by atoms with Gasteiger partial charge in [0.1, 0.15) is 0 Å². The number of rotatable bonds is 18. The average Bonchev–Trinajstić information content (AvgIpc) is 3.07. The number of hydrogen-bond donors (Lipinski definition) is 0. The van der Waals surface area contributed by atoms with E-state index < -0.39 is 24.5 Å². The molecule has 0 saturated heterocycles. The molecule has 0 saturated carbocycles. The summed E-state index contributed by atoms with van der Waals surface area (Å²) in [5.41, 5.74) is 0. The van der Waals surface area contributed by atoms with Crippen LogP contribution in [0.1, 0.15) is 99.8 Å². The van der Waals surface area contributed by atoms with Gasteiger partial charge >= 0.3 is 115 Å². The summed E-state index contributed by atoms with van der Waals surface area (Å²) in [7, 11) is -0.446. The molecule has 0 unspecified atom stereocenters. The fraction of sp³-hybridized carbons (Fsp3) is 0.550. The molecule has 0 bridgehead atoms. The van der Waals surface area contributed by atoms with E-state index in [1.807, 2.05) is 0 Å². The van der Waals surface area contributed by atoms with Gasteiger partial charge in [-0.2, -0.15) is 0 Å². The van der Waals surface area contributed by atoms with Crippen LogP contribution < -0.4 is 15.9 Å². The largest absolute Gasteiger partial charge is 0.261 e. The quantitative estimate of drug-likeness (QED) is 0.0948. The molecule has 0 fully saturated rings. The third kappa shape index (κ3) is 17.0. The summed E-state index contributed by atoms with van der Waals surface area (Å²) in [6.07, 6.45) is 11.8. The second-order valence-corrected chi connectivity index (χ2v) is 26.6. The number of benzene rings is 3. The third-order valence-corrected chi connectivity index (χ3v) is 23.8. The molecule has 43 heavy (non-hydrogen) atoms. The van der Waals surface area contributed by atoms with Crippen LogP contribution in [0, 0.1) is 0 Å². The molecule has 3 heteroatoms. The van der Waals surface area contributed by atoms with Crippen LogP contribution in [0.5, 0.6) is 0 Å². The van der Waals surface area contributed by atoms with E-state index in [2.05, 4.69) is 139 Å². The van der Waals surface area contributed by atoms with Crippen molar-refractivity contribution in [3.8, 4) is 0 Å². The van der Waals surface area contributed by atoms with Gasteiger partial charge in [-0.1, -0.05) is 128 Å². The molecular weight excluding hydrogens is 586 g/mol. The molecule has 3 aromatic rings. The van der Waals surface area contributed by atoms with Gasteiger partial charge in [0.25, 0.3) is 14.1 Å². The molecule has 0 heterocycles. The Morgan fingerprint density at radius 1 is 0.419 bits per heavy atom. The summed E-state index contributed by atoms with van der Waals surface area (Å²) in [5, 5.41) is 8.67. The van der Waals surface area contributed by atoms with E-state index in [0.717, 1.165) is 0 Å². The van der Waals surface area contributed by atoms with Gasteiger partial charge in [0.15, 0.2) is 0 Å². The van der Waals surface area contributed by atoms with Crippen LogP contribution in [-0.4, -0.2) is 14.1 Å². The molecule has 0 spiro atoms. The van der Waals surface area contributed by atoms with Gasteiger partial charge in [-0.3, -0.25) is 0 Å². The second kappa shape index (κ2) is 26.5. The van der Waals surface area contributed by atoms with Gasteiger partial charge in [0, 0.05) is 0 Å². The standard InChI is InChI=1S/C18H15P.4C4H9.3C2H5.Al.Ti/c1-4-10-16(11-5-1)19(17-12-6-2-7-13-17)18-14-8-3-9-15-18;4*1-3-4-2;3*1-2;;/h1-15H;4*1,3-4H2,2H3;3*1H2,2H3;;. The molecule has 0 aliphatic heterocycles. The fourth-order valence-electron chi connectivity index (χ4n) is 6.00. The normalized spacial score (nSPS) is 10.9. The molecule has 3 rings (SSSR count). The Morgan fingerprint density at radius 3 is 0.860 bits per heavy atom. The minimum atomic E-state index is -1.43. The summed E-state index contributed by atoms with van der Waals surface area (Å²) < 4.78 is 6.71. The zero-order valence-corrected chi connectivity index (χ0v) is 32.9. The SMILES string of the molecule is CCC[CH2][Ti]([CH2]CCC)([CH2]CCC)[CH2]CCC.C[CH2][Al]([CH2]C)[CH2]C.c1ccc(P(c2ccccc2)c2ccccc2)cc1.